The molecule has 0 N–H and O–H groups in total. The predicted octanol–water partition coefficient (Wildman–Crippen LogP) is 3.68. The van der Waals surface area contributed by atoms with E-state index < -0.39 is 5.60 Å². The molecule has 0 spiro atoms. The number of benzene rings is 1. The number of carbonyl (C=O) groups is 2. The minimum Gasteiger partial charge on any atom is -0.492 e. The number of hydrogen-bond donors (Lipinski definition) is 0. The smallest absolute Gasteiger partial charge is 0.414 e. The van der Waals surface area contributed by atoms with E-state index in [1.54, 1.807) is 9.80 Å². The number of hydrogen-bond acceptors (Lipinski definition) is 5. The van der Waals surface area contributed by atoms with Crippen LogP contribution < -0.4 is 9.64 Å². The summed E-state index contributed by atoms with van der Waals surface area (Å²) in [6.45, 7) is 9.89. The highest BCUT2D eigenvalue weighted by Gasteiger charge is 2.31. The highest BCUT2D eigenvalue weighted by molar-refractivity contribution is 5.90. The fraction of sp³-hybridized carbons (Fsp3) is 0.579. The maximum atomic E-state index is 12.4. The molecule has 2 aliphatic heterocycles. The Kier molecular flexibility index (Phi) is 4.98. The highest BCUT2D eigenvalue weighted by Crippen LogP contribution is 2.37. The number of amides is 2. The molecule has 142 valence electrons. The van der Waals surface area contributed by atoms with E-state index in [2.05, 4.69) is 0 Å². The Balaban J connectivity index is 1.86. The second-order valence-electron chi connectivity index (χ2n) is 7.48. The first kappa shape index (κ1) is 18.4. The summed E-state index contributed by atoms with van der Waals surface area (Å²) in [6.07, 6.45) is 0.0723. The van der Waals surface area contributed by atoms with Gasteiger partial charge in [-0.25, -0.2) is 9.59 Å². The molecule has 2 aliphatic rings. The van der Waals surface area contributed by atoms with E-state index in [-0.39, 0.29) is 12.2 Å². The lowest BCUT2D eigenvalue weighted by Crippen LogP contribution is -2.38. The molecule has 0 unspecified atom stereocenters. The molecule has 26 heavy (non-hydrogen) atoms. The normalized spacial score (nSPS) is 17.0. The lowest BCUT2D eigenvalue weighted by Gasteiger charge is -2.28. The van der Waals surface area contributed by atoms with Crippen molar-refractivity contribution in [2.24, 2.45) is 0 Å². The second kappa shape index (κ2) is 7.05. The molecule has 7 heteroatoms. The van der Waals surface area contributed by atoms with Crippen molar-refractivity contribution in [3.05, 3.63) is 23.3 Å². The standard InChI is InChI=1S/C19H26N2O5/c1-5-24-16-10-14-12-20(17(22)26-19(2,3)4)11-13(14)9-15(16)21-7-6-8-25-18(21)23/h9-10H,5-8,11-12H2,1-4H3. The molecule has 0 radical (unpaired) electrons. The maximum Gasteiger partial charge on any atom is 0.414 e. The summed E-state index contributed by atoms with van der Waals surface area (Å²) in [7, 11) is 0. The molecule has 0 saturated carbocycles. The van der Waals surface area contributed by atoms with E-state index in [1.165, 1.54) is 0 Å². The molecule has 1 fully saturated rings. The number of anilines is 1. The summed E-state index contributed by atoms with van der Waals surface area (Å²) >= 11 is 0. The second-order valence-corrected chi connectivity index (χ2v) is 7.48. The molecule has 1 aromatic rings. The Labute approximate surface area is 153 Å². The van der Waals surface area contributed by atoms with Gasteiger partial charge in [0.1, 0.15) is 11.4 Å². The molecule has 3 rings (SSSR count). The fourth-order valence-corrected chi connectivity index (χ4v) is 3.12. The van der Waals surface area contributed by atoms with Crippen molar-refractivity contribution in [3.8, 4) is 5.75 Å². The number of rotatable bonds is 3. The number of fused-ring (bicyclic) bond motifs is 1. The lowest BCUT2D eigenvalue weighted by molar-refractivity contribution is 0.0241. The first-order chi connectivity index (χ1) is 12.3. The van der Waals surface area contributed by atoms with Crippen LogP contribution in [0.3, 0.4) is 0 Å². The van der Waals surface area contributed by atoms with Crippen LogP contribution >= 0.6 is 0 Å². The van der Waals surface area contributed by atoms with Gasteiger partial charge in [-0.2, -0.15) is 0 Å². The monoisotopic (exact) mass is 362 g/mol. The van der Waals surface area contributed by atoms with E-state index >= 15 is 0 Å². The molecule has 2 heterocycles. The van der Waals surface area contributed by atoms with Gasteiger partial charge in [0, 0.05) is 19.6 Å². The summed E-state index contributed by atoms with van der Waals surface area (Å²) in [4.78, 5) is 27.8. The number of nitrogens with zero attached hydrogens (tertiary/aromatic N) is 2. The number of ether oxygens (including phenoxy) is 3. The summed E-state index contributed by atoms with van der Waals surface area (Å²) < 4.78 is 16.4. The average Bonchev–Trinajstić information content (AvgIpc) is 2.97. The number of carbonyl (C=O) groups excluding carboxylic acids is 2. The van der Waals surface area contributed by atoms with E-state index in [1.807, 2.05) is 39.8 Å². The lowest BCUT2D eigenvalue weighted by atomic mass is 10.1. The van der Waals surface area contributed by atoms with Crippen molar-refractivity contribution in [3.63, 3.8) is 0 Å². The van der Waals surface area contributed by atoms with Crippen LogP contribution in [0.1, 0.15) is 45.2 Å². The van der Waals surface area contributed by atoms with Gasteiger partial charge in [0.05, 0.1) is 18.9 Å². The van der Waals surface area contributed by atoms with Crippen LogP contribution in [0.4, 0.5) is 15.3 Å². The summed E-state index contributed by atoms with van der Waals surface area (Å²) in [5.41, 5.74) is 2.16. The zero-order valence-electron chi connectivity index (χ0n) is 15.8. The van der Waals surface area contributed by atoms with Gasteiger partial charge in [0.25, 0.3) is 0 Å². The zero-order chi connectivity index (χ0) is 18.9. The van der Waals surface area contributed by atoms with Crippen LogP contribution in [0.2, 0.25) is 0 Å². The molecule has 2 amide bonds. The molecular formula is C19H26N2O5. The Morgan fingerprint density at radius 2 is 1.92 bits per heavy atom. The maximum absolute atomic E-state index is 12.4. The van der Waals surface area contributed by atoms with Gasteiger partial charge in [0.2, 0.25) is 0 Å². The quantitative estimate of drug-likeness (QED) is 0.820. The fourth-order valence-electron chi connectivity index (χ4n) is 3.12. The molecule has 0 atom stereocenters. The van der Waals surface area contributed by atoms with Gasteiger partial charge in [-0.3, -0.25) is 9.80 Å². The van der Waals surface area contributed by atoms with Crippen molar-refractivity contribution in [2.45, 2.75) is 52.8 Å². The van der Waals surface area contributed by atoms with Crippen LogP contribution in [0.15, 0.2) is 12.1 Å². The van der Waals surface area contributed by atoms with Crippen LogP contribution in [0, 0.1) is 0 Å². The van der Waals surface area contributed by atoms with E-state index in [0.717, 1.165) is 17.5 Å². The van der Waals surface area contributed by atoms with Crippen molar-refractivity contribution in [1.29, 1.82) is 0 Å². The summed E-state index contributed by atoms with van der Waals surface area (Å²) in [5.74, 6) is 0.635. The van der Waals surface area contributed by atoms with Gasteiger partial charge in [0.15, 0.2) is 0 Å². The first-order valence-electron chi connectivity index (χ1n) is 8.99. The highest BCUT2D eigenvalue weighted by atomic mass is 16.6. The van der Waals surface area contributed by atoms with Crippen LogP contribution in [0.5, 0.6) is 5.75 Å². The first-order valence-corrected chi connectivity index (χ1v) is 8.99. The summed E-state index contributed by atoms with van der Waals surface area (Å²) in [5, 5.41) is 0. The van der Waals surface area contributed by atoms with Crippen LogP contribution in [-0.2, 0) is 22.6 Å². The third kappa shape index (κ3) is 3.86. The average molecular weight is 362 g/mol. The van der Waals surface area contributed by atoms with Gasteiger partial charge in [-0.15, -0.1) is 0 Å². The molecular weight excluding hydrogens is 336 g/mol. The van der Waals surface area contributed by atoms with Gasteiger partial charge < -0.3 is 14.2 Å². The van der Waals surface area contributed by atoms with Crippen LogP contribution in [0.25, 0.3) is 0 Å². The SMILES string of the molecule is CCOc1cc2c(cc1N1CCCOC1=O)CN(C(=O)OC(C)(C)C)C2. The zero-order valence-corrected chi connectivity index (χ0v) is 15.8. The molecule has 1 aromatic carbocycles. The molecule has 0 aliphatic carbocycles. The van der Waals surface area contributed by atoms with Crippen LogP contribution in [-0.4, -0.2) is 42.4 Å². The van der Waals surface area contributed by atoms with E-state index in [0.29, 0.717) is 44.3 Å². The Hall–Kier alpha value is -2.44. The van der Waals surface area contributed by atoms with Gasteiger partial charge in [-0.1, -0.05) is 0 Å². The van der Waals surface area contributed by atoms with Gasteiger partial charge in [-0.05, 0) is 57.4 Å². The Bertz CT molecular complexity index is 711. The van der Waals surface area contributed by atoms with E-state index in [4.69, 9.17) is 14.2 Å². The minimum absolute atomic E-state index is 0.342. The van der Waals surface area contributed by atoms with Crippen molar-refractivity contribution >= 4 is 17.9 Å². The molecule has 0 aromatic heterocycles. The van der Waals surface area contributed by atoms with Crippen molar-refractivity contribution < 1.29 is 23.8 Å². The Morgan fingerprint density at radius 3 is 2.54 bits per heavy atom. The minimum atomic E-state index is -0.537. The van der Waals surface area contributed by atoms with Crippen molar-refractivity contribution in [1.82, 2.24) is 4.90 Å². The summed E-state index contributed by atoms with van der Waals surface area (Å²) in [6, 6.07) is 3.84. The Morgan fingerprint density at radius 1 is 1.23 bits per heavy atom. The topological polar surface area (TPSA) is 68.3 Å². The van der Waals surface area contributed by atoms with E-state index in [9.17, 15) is 9.59 Å². The third-order valence-corrected chi connectivity index (χ3v) is 4.22. The third-order valence-electron chi connectivity index (χ3n) is 4.22. The molecule has 0 bridgehead atoms. The molecule has 7 nitrogen and oxygen atoms in total. The predicted molar refractivity (Wildman–Crippen MR) is 96.4 cm³/mol. The largest absolute Gasteiger partial charge is 0.492 e. The van der Waals surface area contributed by atoms with Crippen molar-refractivity contribution in [2.75, 3.05) is 24.7 Å². The van der Waals surface area contributed by atoms with Gasteiger partial charge >= 0.3 is 12.2 Å². The number of cyclic esters (lactones) is 1. The molecule has 1 saturated heterocycles.